The Morgan fingerprint density at radius 2 is 1.62 bits per heavy atom. The summed E-state index contributed by atoms with van der Waals surface area (Å²) in [5, 5.41) is 2.13. The van der Waals surface area contributed by atoms with Gasteiger partial charge in [0.1, 0.15) is 0 Å². The van der Waals surface area contributed by atoms with Gasteiger partial charge in [0.25, 0.3) is 0 Å². The molecular weight excluding hydrogens is 312 g/mol. The molecule has 0 aliphatic carbocycles. The fraction of sp³-hybridized carbons (Fsp3) is 0.231. The zero-order chi connectivity index (χ0) is 19.7. The SMILES string of the molecule is C=C(/C=c1/ccc(-c2cccc(C)c2)cc1=C)/C(C)=C/C(C)=C\C.CC. The van der Waals surface area contributed by atoms with Crippen LogP contribution in [0.15, 0.2) is 77.9 Å². The highest BCUT2D eigenvalue weighted by atomic mass is 14.0. The van der Waals surface area contributed by atoms with Gasteiger partial charge < -0.3 is 0 Å². The van der Waals surface area contributed by atoms with Crippen LogP contribution in [0, 0.1) is 6.92 Å². The van der Waals surface area contributed by atoms with Crippen LogP contribution in [0.4, 0.5) is 0 Å². The smallest absolute Gasteiger partial charge is 0.0178 e. The summed E-state index contributed by atoms with van der Waals surface area (Å²) in [6.07, 6.45) is 6.36. The molecule has 2 rings (SSSR count). The molecule has 26 heavy (non-hydrogen) atoms. The third-order valence-corrected chi connectivity index (χ3v) is 4.23. The molecule has 0 heterocycles. The first-order valence-electron chi connectivity index (χ1n) is 9.29. The molecular formula is C26H32. The van der Waals surface area contributed by atoms with Crippen molar-refractivity contribution in [3.8, 4) is 11.1 Å². The lowest BCUT2D eigenvalue weighted by molar-refractivity contribution is 1.38. The Balaban J connectivity index is 0.00000163. The molecule has 0 aliphatic heterocycles. The van der Waals surface area contributed by atoms with Crippen LogP contribution in [0.1, 0.15) is 40.2 Å². The summed E-state index contributed by atoms with van der Waals surface area (Å²) in [5.74, 6) is 0. The number of benzene rings is 2. The summed E-state index contributed by atoms with van der Waals surface area (Å²) in [7, 11) is 0. The van der Waals surface area contributed by atoms with Gasteiger partial charge in [-0.1, -0.05) is 86.7 Å². The molecule has 0 atom stereocenters. The van der Waals surface area contributed by atoms with Crippen molar-refractivity contribution in [2.45, 2.75) is 41.5 Å². The minimum Gasteiger partial charge on any atom is -0.0915 e. The summed E-state index contributed by atoms with van der Waals surface area (Å²) in [6.45, 7) is 20.8. The van der Waals surface area contributed by atoms with Gasteiger partial charge in [-0.2, -0.15) is 0 Å². The third-order valence-electron chi connectivity index (χ3n) is 4.23. The molecule has 0 spiro atoms. The molecule has 136 valence electrons. The number of aryl methyl sites for hydroxylation is 1. The summed E-state index contributed by atoms with van der Waals surface area (Å²) in [6, 6.07) is 15.0. The average molecular weight is 345 g/mol. The lowest BCUT2D eigenvalue weighted by atomic mass is 10.0. The van der Waals surface area contributed by atoms with E-state index in [0.717, 1.165) is 16.0 Å². The van der Waals surface area contributed by atoms with E-state index in [0.29, 0.717) is 0 Å². The molecule has 0 unspecified atom stereocenters. The normalized spacial score (nSPS) is 12.5. The first kappa shape index (κ1) is 21.4. The molecule has 0 heteroatoms. The van der Waals surface area contributed by atoms with Gasteiger partial charge in [-0.3, -0.25) is 0 Å². The molecule has 0 aliphatic rings. The van der Waals surface area contributed by atoms with Gasteiger partial charge in [-0.15, -0.1) is 0 Å². The fourth-order valence-corrected chi connectivity index (χ4v) is 2.57. The summed E-state index contributed by atoms with van der Waals surface area (Å²) >= 11 is 0. The minimum absolute atomic E-state index is 1.02. The summed E-state index contributed by atoms with van der Waals surface area (Å²) < 4.78 is 0. The number of hydrogen-bond acceptors (Lipinski definition) is 0. The predicted molar refractivity (Wildman–Crippen MR) is 120 cm³/mol. The van der Waals surface area contributed by atoms with Crippen molar-refractivity contribution in [3.05, 3.63) is 93.9 Å². The number of allylic oxidation sites excluding steroid dienone is 5. The monoisotopic (exact) mass is 344 g/mol. The van der Waals surface area contributed by atoms with Crippen molar-refractivity contribution in [1.82, 2.24) is 0 Å². The van der Waals surface area contributed by atoms with Crippen molar-refractivity contribution < 1.29 is 0 Å². The summed E-state index contributed by atoms with van der Waals surface area (Å²) in [5.41, 5.74) is 7.12. The van der Waals surface area contributed by atoms with E-state index in [1.807, 2.05) is 20.8 Å². The highest BCUT2D eigenvalue weighted by Gasteiger charge is 1.99. The van der Waals surface area contributed by atoms with Crippen LogP contribution >= 0.6 is 0 Å². The second-order valence-electron chi connectivity index (χ2n) is 6.31. The van der Waals surface area contributed by atoms with E-state index in [1.54, 1.807) is 0 Å². The zero-order valence-corrected chi connectivity index (χ0v) is 17.2. The van der Waals surface area contributed by atoms with Gasteiger partial charge in [-0.25, -0.2) is 0 Å². The van der Waals surface area contributed by atoms with Crippen LogP contribution in [0.25, 0.3) is 23.8 Å². The fourth-order valence-electron chi connectivity index (χ4n) is 2.57. The molecule has 0 radical (unpaired) electrons. The third kappa shape index (κ3) is 6.04. The Bertz CT molecular complexity index is 921. The van der Waals surface area contributed by atoms with Crippen LogP contribution in [-0.4, -0.2) is 0 Å². The van der Waals surface area contributed by atoms with E-state index in [4.69, 9.17) is 0 Å². The Kier molecular flexibility index (Phi) is 8.58. The molecule has 2 aromatic carbocycles. The lowest BCUT2D eigenvalue weighted by Gasteiger charge is -2.04. The first-order chi connectivity index (χ1) is 12.4. The molecule has 0 aromatic heterocycles. The van der Waals surface area contributed by atoms with Crippen molar-refractivity contribution in [2.24, 2.45) is 0 Å². The molecule has 0 fully saturated rings. The second-order valence-corrected chi connectivity index (χ2v) is 6.31. The Hall–Kier alpha value is -2.60. The maximum Gasteiger partial charge on any atom is -0.0178 e. The molecule has 2 aromatic rings. The zero-order valence-electron chi connectivity index (χ0n) is 17.2. The first-order valence-corrected chi connectivity index (χ1v) is 9.29. The Morgan fingerprint density at radius 3 is 2.19 bits per heavy atom. The molecule has 0 saturated heterocycles. The lowest BCUT2D eigenvalue weighted by Crippen LogP contribution is -2.22. The van der Waals surface area contributed by atoms with E-state index in [-0.39, 0.29) is 0 Å². The highest BCUT2D eigenvalue weighted by Crippen LogP contribution is 2.18. The minimum atomic E-state index is 1.02. The van der Waals surface area contributed by atoms with E-state index in [2.05, 4.69) is 94.6 Å². The van der Waals surface area contributed by atoms with Gasteiger partial charge in [-0.05, 0) is 72.5 Å². The number of hydrogen-bond donors (Lipinski definition) is 0. The van der Waals surface area contributed by atoms with Crippen molar-refractivity contribution >= 4 is 12.7 Å². The van der Waals surface area contributed by atoms with E-state index in [1.165, 1.54) is 27.8 Å². The van der Waals surface area contributed by atoms with Crippen molar-refractivity contribution in [3.63, 3.8) is 0 Å². The van der Waals surface area contributed by atoms with Crippen molar-refractivity contribution in [1.29, 1.82) is 0 Å². The van der Waals surface area contributed by atoms with Crippen LogP contribution in [0.2, 0.25) is 0 Å². The predicted octanol–water partition coefficient (Wildman–Crippen LogP) is 6.35. The maximum absolute atomic E-state index is 4.22. The van der Waals surface area contributed by atoms with Gasteiger partial charge in [0.2, 0.25) is 0 Å². The van der Waals surface area contributed by atoms with Crippen LogP contribution < -0.4 is 10.4 Å². The Labute approximate surface area is 159 Å². The van der Waals surface area contributed by atoms with E-state index < -0.39 is 0 Å². The second kappa shape index (κ2) is 10.4. The van der Waals surface area contributed by atoms with Gasteiger partial charge >= 0.3 is 0 Å². The van der Waals surface area contributed by atoms with Crippen molar-refractivity contribution in [2.75, 3.05) is 0 Å². The topological polar surface area (TPSA) is 0 Å². The van der Waals surface area contributed by atoms with Crippen LogP contribution in [-0.2, 0) is 0 Å². The molecule has 0 saturated carbocycles. The summed E-state index contributed by atoms with van der Waals surface area (Å²) in [4.78, 5) is 0. The van der Waals surface area contributed by atoms with Crippen LogP contribution in [0.5, 0.6) is 0 Å². The van der Waals surface area contributed by atoms with E-state index >= 15 is 0 Å². The largest absolute Gasteiger partial charge is 0.0915 e. The van der Waals surface area contributed by atoms with E-state index in [9.17, 15) is 0 Å². The maximum atomic E-state index is 4.22. The van der Waals surface area contributed by atoms with Gasteiger partial charge in [0.05, 0.1) is 0 Å². The molecule has 0 nitrogen and oxygen atoms in total. The highest BCUT2D eigenvalue weighted by molar-refractivity contribution is 5.65. The molecule has 0 bridgehead atoms. The standard InChI is InChI=1S/C24H26.C2H6/c1-7-17(2)13-19(4)20(5)15-22-11-12-24(16-21(22)6)23-10-8-9-18(3)14-23;1-2/h7-16H,5-6H2,1-4H3;1-2H3/b17-7-,19-13+,22-15-;. The Morgan fingerprint density at radius 1 is 0.962 bits per heavy atom. The quantitative estimate of drug-likeness (QED) is 0.567. The van der Waals surface area contributed by atoms with Gasteiger partial charge in [0.15, 0.2) is 0 Å². The molecule has 0 N–H and O–H groups in total. The van der Waals surface area contributed by atoms with Crippen LogP contribution in [0.3, 0.4) is 0 Å². The molecule has 0 amide bonds. The number of rotatable bonds is 4. The van der Waals surface area contributed by atoms with Gasteiger partial charge in [0, 0.05) is 0 Å². The average Bonchev–Trinajstić information content (AvgIpc) is 2.64.